The molecule has 0 aliphatic rings. The SMILES string of the molecule is COCc1ccccc1CNC(=O)c1ccc(Cl)c(S(=O)(=O)NCc2ccco2)c1. The average Bonchev–Trinajstić information content (AvgIpc) is 3.26. The van der Waals surface area contributed by atoms with Crippen LogP contribution in [0.25, 0.3) is 0 Å². The summed E-state index contributed by atoms with van der Waals surface area (Å²) in [4.78, 5) is 12.4. The molecule has 0 aliphatic heterocycles. The normalized spacial score (nSPS) is 11.4. The van der Waals surface area contributed by atoms with Gasteiger partial charge in [0.25, 0.3) is 5.91 Å². The van der Waals surface area contributed by atoms with Gasteiger partial charge in [0.15, 0.2) is 0 Å². The summed E-state index contributed by atoms with van der Waals surface area (Å²) in [6, 6.07) is 15.0. The van der Waals surface area contributed by atoms with E-state index >= 15 is 0 Å². The van der Waals surface area contributed by atoms with Crippen molar-refractivity contribution in [2.75, 3.05) is 7.11 Å². The minimum atomic E-state index is -3.94. The molecule has 2 N–H and O–H groups in total. The van der Waals surface area contributed by atoms with Gasteiger partial charge in [-0.1, -0.05) is 35.9 Å². The van der Waals surface area contributed by atoms with Crippen LogP contribution in [-0.2, 0) is 34.5 Å². The largest absolute Gasteiger partial charge is 0.468 e. The number of carbonyl (C=O) groups is 1. The van der Waals surface area contributed by atoms with Crippen molar-refractivity contribution >= 4 is 27.5 Å². The molecule has 0 unspecified atom stereocenters. The highest BCUT2D eigenvalue weighted by molar-refractivity contribution is 7.89. The molecule has 1 heterocycles. The van der Waals surface area contributed by atoms with Gasteiger partial charge in [-0.15, -0.1) is 0 Å². The summed E-state index contributed by atoms with van der Waals surface area (Å²) in [5, 5.41) is 2.82. The Bertz CT molecular complexity index is 1110. The molecule has 0 fully saturated rings. The van der Waals surface area contributed by atoms with Gasteiger partial charge in [0.05, 0.1) is 24.4 Å². The fourth-order valence-electron chi connectivity index (χ4n) is 2.81. The van der Waals surface area contributed by atoms with Gasteiger partial charge in [-0.05, 0) is 41.5 Å². The second-order valence-electron chi connectivity index (χ2n) is 6.43. The van der Waals surface area contributed by atoms with Crippen molar-refractivity contribution < 1.29 is 22.4 Å². The molecule has 7 nitrogen and oxygen atoms in total. The molecule has 0 saturated carbocycles. The van der Waals surface area contributed by atoms with Crippen molar-refractivity contribution in [3.05, 3.63) is 88.3 Å². The lowest BCUT2D eigenvalue weighted by Crippen LogP contribution is -2.26. The van der Waals surface area contributed by atoms with Gasteiger partial charge in [0.1, 0.15) is 10.7 Å². The lowest BCUT2D eigenvalue weighted by molar-refractivity contribution is 0.0950. The highest BCUT2D eigenvalue weighted by Gasteiger charge is 2.20. The number of carbonyl (C=O) groups excluding carboxylic acids is 1. The fraction of sp³-hybridized carbons (Fsp3) is 0.190. The molecule has 1 aromatic heterocycles. The van der Waals surface area contributed by atoms with Gasteiger partial charge in [-0.25, -0.2) is 13.1 Å². The second kappa shape index (κ2) is 9.90. The van der Waals surface area contributed by atoms with E-state index in [1.807, 2.05) is 24.3 Å². The molecule has 9 heteroatoms. The van der Waals surface area contributed by atoms with Crippen LogP contribution in [0.15, 0.2) is 70.2 Å². The first-order valence-electron chi connectivity index (χ1n) is 9.06. The van der Waals surface area contributed by atoms with E-state index in [-0.39, 0.29) is 28.6 Å². The van der Waals surface area contributed by atoms with Crippen LogP contribution in [0.3, 0.4) is 0 Å². The van der Waals surface area contributed by atoms with Gasteiger partial charge in [-0.3, -0.25) is 4.79 Å². The van der Waals surface area contributed by atoms with Gasteiger partial charge < -0.3 is 14.5 Å². The molecule has 3 aromatic rings. The lowest BCUT2D eigenvalue weighted by atomic mass is 10.1. The van der Waals surface area contributed by atoms with Crippen LogP contribution >= 0.6 is 11.6 Å². The minimum absolute atomic E-state index is 0.0175. The highest BCUT2D eigenvalue weighted by atomic mass is 35.5. The number of methoxy groups -OCH3 is 1. The summed E-state index contributed by atoms with van der Waals surface area (Å²) >= 11 is 6.09. The summed E-state index contributed by atoms with van der Waals surface area (Å²) in [6.07, 6.45) is 1.45. The first kappa shape index (κ1) is 22.0. The first-order chi connectivity index (χ1) is 14.4. The van der Waals surface area contributed by atoms with Crippen molar-refractivity contribution in [1.82, 2.24) is 10.0 Å². The number of rotatable bonds is 9. The maximum Gasteiger partial charge on any atom is 0.251 e. The average molecular weight is 449 g/mol. The zero-order valence-electron chi connectivity index (χ0n) is 16.2. The molecule has 30 heavy (non-hydrogen) atoms. The topological polar surface area (TPSA) is 97.6 Å². The zero-order chi connectivity index (χ0) is 21.6. The molecule has 0 aliphatic carbocycles. The third kappa shape index (κ3) is 5.48. The smallest absolute Gasteiger partial charge is 0.251 e. The van der Waals surface area contributed by atoms with E-state index in [0.29, 0.717) is 12.4 Å². The molecular weight excluding hydrogens is 428 g/mol. The highest BCUT2D eigenvalue weighted by Crippen LogP contribution is 2.23. The van der Waals surface area contributed by atoms with Crippen molar-refractivity contribution in [2.24, 2.45) is 0 Å². The number of furan rings is 1. The van der Waals surface area contributed by atoms with E-state index in [0.717, 1.165) is 11.1 Å². The number of hydrogen-bond donors (Lipinski definition) is 2. The first-order valence-corrected chi connectivity index (χ1v) is 10.9. The number of amides is 1. The molecule has 158 valence electrons. The molecule has 0 radical (unpaired) electrons. The Kier molecular flexibility index (Phi) is 7.28. The lowest BCUT2D eigenvalue weighted by Gasteiger charge is -2.12. The van der Waals surface area contributed by atoms with Crippen LogP contribution < -0.4 is 10.0 Å². The van der Waals surface area contributed by atoms with Gasteiger partial charge in [0, 0.05) is 19.2 Å². The van der Waals surface area contributed by atoms with Gasteiger partial charge >= 0.3 is 0 Å². The number of ether oxygens (including phenoxy) is 1. The predicted molar refractivity (Wildman–Crippen MR) is 113 cm³/mol. The molecule has 1 amide bonds. The summed E-state index contributed by atoms with van der Waals surface area (Å²) in [5.74, 6) is 0.0414. The van der Waals surface area contributed by atoms with Crippen molar-refractivity contribution in [3.63, 3.8) is 0 Å². The summed E-state index contributed by atoms with van der Waals surface area (Å²) in [6.45, 7) is 0.676. The van der Waals surface area contributed by atoms with Crippen LogP contribution in [0.2, 0.25) is 5.02 Å². The van der Waals surface area contributed by atoms with Crippen molar-refractivity contribution in [3.8, 4) is 0 Å². The van der Waals surface area contributed by atoms with Gasteiger partial charge in [0.2, 0.25) is 10.0 Å². The third-order valence-corrected chi connectivity index (χ3v) is 6.24. The van der Waals surface area contributed by atoms with E-state index in [9.17, 15) is 13.2 Å². The maximum atomic E-state index is 12.6. The predicted octanol–water partition coefficient (Wildman–Crippen LogP) is 3.49. The van der Waals surface area contributed by atoms with E-state index < -0.39 is 15.9 Å². The molecule has 0 bridgehead atoms. The number of benzene rings is 2. The van der Waals surface area contributed by atoms with E-state index in [1.165, 1.54) is 24.5 Å². The quantitative estimate of drug-likeness (QED) is 0.522. The van der Waals surface area contributed by atoms with Crippen LogP contribution in [0.1, 0.15) is 27.2 Å². The Morgan fingerprint density at radius 2 is 1.83 bits per heavy atom. The summed E-state index contributed by atoms with van der Waals surface area (Å²) in [7, 11) is -2.34. The summed E-state index contributed by atoms with van der Waals surface area (Å²) < 4.78 is 38.0. The minimum Gasteiger partial charge on any atom is -0.468 e. The molecule has 0 spiro atoms. The van der Waals surface area contributed by atoms with Crippen LogP contribution in [0, 0.1) is 0 Å². The second-order valence-corrected chi connectivity index (χ2v) is 8.58. The Morgan fingerprint density at radius 3 is 2.53 bits per heavy atom. The Morgan fingerprint density at radius 1 is 1.07 bits per heavy atom. The standard InChI is InChI=1S/C21H21ClN2O5S/c1-28-14-17-6-3-2-5-16(17)12-23-21(25)15-8-9-19(22)20(11-15)30(26,27)24-13-18-7-4-10-29-18/h2-11,24H,12-14H2,1H3,(H,23,25). The van der Waals surface area contributed by atoms with Crippen LogP contribution in [0.5, 0.6) is 0 Å². The van der Waals surface area contributed by atoms with Crippen LogP contribution in [-0.4, -0.2) is 21.4 Å². The number of sulfonamides is 1. The number of hydrogen-bond acceptors (Lipinski definition) is 5. The molecule has 2 aromatic carbocycles. The Labute approximate surface area is 180 Å². The molecule has 3 rings (SSSR count). The molecule has 0 saturated heterocycles. The molecular formula is C21H21ClN2O5S. The Balaban J connectivity index is 1.73. The monoisotopic (exact) mass is 448 g/mol. The van der Waals surface area contributed by atoms with Crippen LogP contribution in [0.4, 0.5) is 0 Å². The maximum absolute atomic E-state index is 12.6. The van der Waals surface area contributed by atoms with E-state index in [4.69, 9.17) is 20.8 Å². The Hall–Kier alpha value is -2.65. The summed E-state index contributed by atoms with van der Waals surface area (Å²) in [5.41, 5.74) is 2.05. The molecule has 0 atom stereocenters. The van der Waals surface area contributed by atoms with Crippen molar-refractivity contribution in [2.45, 2.75) is 24.6 Å². The third-order valence-electron chi connectivity index (χ3n) is 4.36. The van der Waals surface area contributed by atoms with E-state index in [2.05, 4.69) is 10.0 Å². The fourth-order valence-corrected chi connectivity index (χ4v) is 4.33. The number of halogens is 1. The zero-order valence-corrected chi connectivity index (χ0v) is 17.8. The van der Waals surface area contributed by atoms with E-state index in [1.54, 1.807) is 19.2 Å². The van der Waals surface area contributed by atoms with Crippen molar-refractivity contribution in [1.29, 1.82) is 0 Å². The number of nitrogens with one attached hydrogen (secondary N) is 2. The van der Waals surface area contributed by atoms with Gasteiger partial charge in [-0.2, -0.15) is 0 Å².